The third kappa shape index (κ3) is 3.04. The number of carbonyl (C=O) groups is 1. The van der Waals surface area contributed by atoms with E-state index in [0.29, 0.717) is 10.7 Å². The van der Waals surface area contributed by atoms with Gasteiger partial charge in [-0.2, -0.15) is 0 Å². The van der Waals surface area contributed by atoms with Crippen LogP contribution in [0.5, 0.6) is 0 Å². The zero-order valence-electron chi connectivity index (χ0n) is 10.3. The van der Waals surface area contributed by atoms with Crippen molar-refractivity contribution in [3.8, 4) is 0 Å². The summed E-state index contributed by atoms with van der Waals surface area (Å²) in [5.74, 6) is 0.796. The largest absolute Gasteiger partial charge is 0.397 e. The lowest BCUT2D eigenvalue weighted by Crippen LogP contribution is -2.44. The number of amides is 1. The fourth-order valence-corrected chi connectivity index (χ4v) is 2.50. The second-order valence-electron chi connectivity index (χ2n) is 4.54. The van der Waals surface area contributed by atoms with Gasteiger partial charge in [0.05, 0.1) is 16.9 Å². The fraction of sp³-hybridized carbons (Fsp3) is 0.500. The molecule has 0 radical (unpaired) electrons. The molecule has 3 N–H and O–H groups in total. The Balaban J connectivity index is 1.99. The minimum atomic E-state index is 0.0251. The zero-order valence-corrected chi connectivity index (χ0v) is 11.1. The monoisotopic (exact) mass is 268 g/mol. The van der Waals surface area contributed by atoms with Crippen molar-refractivity contribution in [2.45, 2.75) is 25.8 Å². The smallest absolute Gasteiger partial charge is 0.217 e. The van der Waals surface area contributed by atoms with Crippen molar-refractivity contribution in [3.05, 3.63) is 17.3 Å². The van der Waals surface area contributed by atoms with Gasteiger partial charge in [0.25, 0.3) is 0 Å². The number of hydrogen-bond acceptors (Lipinski definition) is 4. The third-order valence-corrected chi connectivity index (χ3v) is 3.32. The molecule has 2 heterocycles. The first kappa shape index (κ1) is 13.0. The second kappa shape index (κ2) is 5.44. The molecule has 0 atom stereocenters. The van der Waals surface area contributed by atoms with E-state index in [4.69, 9.17) is 17.3 Å². The minimum Gasteiger partial charge on any atom is -0.397 e. The molecule has 1 amide bonds. The highest BCUT2D eigenvalue weighted by molar-refractivity contribution is 6.33. The first-order valence-corrected chi connectivity index (χ1v) is 6.37. The van der Waals surface area contributed by atoms with Gasteiger partial charge in [-0.15, -0.1) is 0 Å². The summed E-state index contributed by atoms with van der Waals surface area (Å²) in [5.41, 5.74) is 6.19. The first-order valence-electron chi connectivity index (χ1n) is 5.99. The van der Waals surface area contributed by atoms with E-state index in [9.17, 15) is 4.79 Å². The Morgan fingerprint density at radius 1 is 1.56 bits per heavy atom. The summed E-state index contributed by atoms with van der Waals surface area (Å²) in [6.07, 6.45) is 3.42. The number of hydrogen-bond donors (Lipinski definition) is 2. The quantitative estimate of drug-likeness (QED) is 0.851. The van der Waals surface area contributed by atoms with E-state index < -0.39 is 0 Å². The Morgan fingerprint density at radius 3 is 2.78 bits per heavy atom. The number of nitrogens with zero attached hydrogens (tertiary/aromatic N) is 2. The number of nitrogens with two attached hydrogens (primary N) is 1. The lowest BCUT2D eigenvalue weighted by Gasteiger charge is -2.33. The predicted octanol–water partition coefficient (Wildman–Crippen LogP) is 1.42. The van der Waals surface area contributed by atoms with Crippen molar-refractivity contribution in [2.24, 2.45) is 0 Å². The molecule has 1 aromatic heterocycles. The van der Waals surface area contributed by atoms with Gasteiger partial charge in [0.2, 0.25) is 5.91 Å². The molecule has 0 bridgehead atoms. The number of anilines is 2. The highest BCUT2D eigenvalue weighted by atomic mass is 35.5. The van der Waals surface area contributed by atoms with E-state index in [1.54, 1.807) is 19.2 Å². The highest BCUT2D eigenvalue weighted by Crippen LogP contribution is 2.27. The van der Waals surface area contributed by atoms with Gasteiger partial charge in [0.15, 0.2) is 0 Å². The maximum Gasteiger partial charge on any atom is 0.217 e. The number of pyridine rings is 1. The van der Waals surface area contributed by atoms with Crippen molar-refractivity contribution < 1.29 is 4.79 Å². The van der Waals surface area contributed by atoms with Crippen LogP contribution >= 0.6 is 11.6 Å². The lowest BCUT2D eigenvalue weighted by atomic mass is 10.1. The normalized spacial score (nSPS) is 16.7. The molecule has 1 aliphatic heterocycles. The van der Waals surface area contributed by atoms with Crippen LogP contribution in [0, 0.1) is 0 Å². The van der Waals surface area contributed by atoms with E-state index >= 15 is 0 Å². The van der Waals surface area contributed by atoms with Crippen LogP contribution in [0.3, 0.4) is 0 Å². The molecule has 0 spiro atoms. The SMILES string of the molecule is CC(=O)NC1CCN(c2ncc(N)cc2Cl)CC1. The fourth-order valence-electron chi connectivity index (χ4n) is 2.20. The van der Waals surface area contributed by atoms with Crippen molar-refractivity contribution >= 4 is 29.0 Å². The van der Waals surface area contributed by atoms with Crippen LogP contribution in [-0.4, -0.2) is 30.0 Å². The van der Waals surface area contributed by atoms with E-state index in [2.05, 4.69) is 15.2 Å². The van der Waals surface area contributed by atoms with Crippen molar-refractivity contribution in [1.29, 1.82) is 0 Å². The first-order chi connectivity index (χ1) is 8.56. The standard InChI is InChI=1S/C12H17ClN4O/c1-8(18)16-10-2-4-17(5-3-10)12-11(13)6-9(14)7-15-12/h6-7,10H,2-5,14H2,1H3,(H,16,18). The summed E-state index contributed by atoms with van der Waals surface area (Å²) in [4.78, 5) is 17.4. The van der Waals surface area contributed by atoms with Crippen LogP contribution < -0.4 is 16.0 Å². The molecule has 1 fully saturated rings. The molecule has 0 aliphatic carbocycles. The molecule has 0 aromatic carbocycles. The summed E-state index contributed by atoms with van der Waals surface area (Å²) in [6, 6.07) is 1.97. The summed E-state index contributed by atoms with van der Waals surface area (Å²) >= 11 is 6.13. The Labute approximate surface area is 111 Å². The maximum atomic E-state index is 11.0. The molecule has 5 nitrogen and oxygen atoms in total. The van der Waals surface area contributed by atoms with E-state index in [1.807, 2.05) is 0 Å². The Bertz CT molecular complexity index is 444. The zero-order chi connectivity index (χ0) is 13.1. The van der Waals surface area contributed by atoms with Crippen LogP contribution in [-0.2, 0) is 4.79 Å². The van der Waals surface area contributed by atoms with E-state index in [0.717, 1.165) is 31.7 Å². The Hall–Kier alpha value is -1.49. The molecular weight excluding hydrogens is 252 g/mol. The Morgan fingerprint density at radius 2 is 2.22 bits per heavy atom. The van der Waals surface area contributed by atoms with Crippen LogP contribution in [0.25, 0.3) is 0 Å². The van der Waals surface area contributed by atoms with Crippen molar-refractivity contribution in [2.75, 3.05) is 23.7 Å². The maximum absolute atomic E-state index is 11.0. The van der Waals surface area contributed by atoms with E-state index in [-0.39, 0.29) is 11.9 Å². The van der Waals surface area contributed by atoms with E-state index in [1.165, 1.54) is 0 Å². The second-order valence-corrected chi connectivity index (χ2v) is 4.94. The van der Waals surface area contributed by atoms with Crippen molar-refractivity contribution in [1.82, 2.24) is 10.3 Å². The summed E-state index contributed by atoms with van der Waals surface area (Å²) in [7, 11) is 0. The van der Waals surface area contributed by atoms with Gasteiger partial charge in [-0.05, 0) is 18.9 Å². The van der Waals surface area contributed by atoms with Crippen LogP contribution in [0.1, 0.15) is 19.8 Å². The molecule has 18 heavy (non-hydrogen) atoms. The number of rotatable bonds is 2. The summed E-state index contributed by atoms with van der Waals surface area (Å²) < 4.78 is 0. The number of halogens is 1. The van der Waals surface area contributed by atoms with Crippen molar-refractivity contribution in [3.63, 3.8) is 0 Å². The molecule has 0 unspecified atom stereocenters. The molecule has 6 heteroatoms. The molecule has 98 valence electrons. The molecule has 1 saturated heterocycles. The lowest BCUT2D eigenvalue weighted by molar-refractivity contribution is -0.119. The van der Waals surface area contributed by atoms with Gasteiger partial charge in [0.1, 0.15) is 5.82 Å². The summed E-state index contributed by atoms with van der Waals surface area (Å²) in [6.45, 7) is 3.22. The van der Waals surface area contributed by atoms with Gasteiger partial charge in [-0.1, -0.05) is 11.6 Å². The number of nitrogen functional groups attached to an aromatic ring is 1. The van der Waals surface area contributed by atoms with Crippen LogP contribution in [0.15, 0.2) is 12.3 Å². The summed E-state index contributed by atoms with van der Waals surface area (Å²) in [5, 5.41) is 3.52. The number of nitrogens with one attached hydrogen (secondary N) is 1. The number of aromatic nitrogens is 1. The highest BCUT2D eigenvalue weighted by Gasteiger charge is 2.21. The molecule has 1 aromatic rings. The van der Waals surface area contributed by atoms with Gasteiger partial charge >= 0.3 is 0 Å². The Kier molecular flexibility index (Phi) is 3.91. The van der Waals surface area contributed by atoms with Gasteiger partial charge < -0.3 is 16.0 Å². The average Bonchev–Trinajstić information content (AvgIpc) is 2.30. The predicted molar refractivity (Wildman–Crippen MR) is 72.7 cm³/mol. The van der Waals surface area contributed by atoms with Crippen LogP contribution in [0.4, 0.5) is 11.5 Å². The topological polar surface area (TPSA) is 71.2 Å². The molecular formula is C12H17ClN4O. The van der Waals surface area contributed by atoms with Gasteiger partial charge in [-0.3, -0.25) is 4.79 Å². The third-order valence-electron chi connectivity index (χ3n) is 3.04. The number of piperidine rings is 1. The van der Waals surface area contributed by atoms with Gasteiger partial charge in [0, 0.05) is 26.1 Å². The average molecular weight is 269 g/mol. The minimum absolute atomic E-state index is 0.0251. The number of carbonyl (C=O) groups excluding carboxylic acids is 1. The van der Waals surface area contributed by atoms with Crippen LogP contribution in [0.2, 0.25) is 5.02 Å². The molecule has 1 aliphatic rings. The van der Waals surface area contributed by atoms with Gasteiger partial charge in [-0.25, -0.2) is 4.98 Å². The molecule has 2 rings (SSSR count). The molecule has 0 saturated carbocycles.